The summed E-state index contributed by atoms with van der Waals surface area (Å²) in [7, 11) is 2.02. The molecule has 1 fully saturated rings. The van der Waals surface area contributed by atoms with E-state index in [0.717, 1.165) is 66.4 Å². The van der Waals surface area contributed by atoms with Crippen molar-refractivity contribution in [1.29, 1.82) is 0 Å². The number of aromatic nitrogens is 4. The number of aryl methyl sites for hydroxylation is 2. The molecule has 3 aromatic heterocycles. The van der Waals surface area contributed by atoms with Crippen molar-refractivity contribution in [3.8, 4) is 0 Å². The van der Waals surface area contributed by atoms with Crippen LogP contribution < -0.4 is 10.6 Å². The molecule has 0 unspecified atom stereocenters. The third-order valence-corrected chi connectivity index (χ3v) is 7.70. The van der Waals surface area contributed by atoms with Gasteiger partial charge in [0.15, 0.2) is 5.89 Å². The zero-order valence-corrected chi connectivity index (χ0v) is 22.6. The van der Waals surface area contributed by atoms with Gasteiger partial charge in [-0.15, -0.1) is 0 Å². The lowest BCUT2D eigenvalue weighted by molar-refractivity contribution is -0.120. The van der Waals surface area contributed by atoms with E-state index in [2.05, 4.69) is 53.9 Å². The molecule has 4 heterocycles. The van der Waals surface area contributed by atoms with Crippen LogP contribution >= 0.6 is 0 Å². The molecule has 39 heavy (non-hydrogen) atoms. The van der Waals surface area contributed by atoms with Crippen molar-refractivity contribution in [3.05, 3.63) is 78.1 Å². The summed E-state index contributed by atoms with van der Waals surface area (Å²) >= 11 is 0. The van der Waals surface area contributed by atoms with Crippen molar-refractivity contribution in [3.63, 3.8) is 0 Å². The highest BCUT2D eigenvalue weighted by atomic mass is 16.4. The number of rotatable bonds is 9. The van der Waals surface area contributed by atoms with Crippen molar-refractivity contribution in [2.75, 3.05) is 31.5 Å². The molecule has 9 nitrogen and oxygen atoms in total. The quantitative estimate of drug-likeness (QED) is 0.301. The Labute approximate surface area is 227 Å². The Bertz CT molecular complexity index is 1590. The lowest BCUT2D eigenvalue weighted by Gasteiger charge is -2.32. The SMILES string of the molecule is Cc1ncc(Cn2c(NC3CCN(CCNC(=O)Cc4cc5ccccc5n4C)CC3)nc3ccccc32)o1. The number of benzene rings is 2. The Balaban J connectivity index is 0.996. The second-order valence-electron chi connectivity index (χ2n) is 10.4. The maximum atomic E-state index is 12.6. The molecule has 0 radical (unpaired) electrons. The fourth-order valence-corrected chi connectivity index (χ4v) is 5.56. The normalized spacial score (nSPS) is 14.8. The molecule has 0 aliphatic carbocycles. The maximum Gasteiger partial charge on any atom is 0.225 e. The number of amides is 1. The van der Waals surface area contributed by atoms with Crippen LogP contribution in [0.3, 0.4) is 0 Å². The van der Waals surface area contributed by atoms with Crippen LogP contribution in [0, 0.1) is 6.92 Å². The Morgan fingerprint density at radius 1 is 1.08 bits per heavy atom. The molecule has 5 aromatic rings. The Hall–Kier alpha value is -4.11. The van der Waals surface area contributed by atoms with Gasteiger partial charge in [0.1, 0.15) is 5.76 Å². The van der Waals surface area contributed by atoms with Crippen molar-refractivity contribution >= 4 is 33.8 Å². The van der Waals surface area contributed by atoms with Gasteiger partial charge in [0.2, 0.25) is 11.9 Å². The standard InChI is InChI=1S/C30H35N7O2/c1-21-32-19-25(39-21)20-37-28-10-6-4-8-26(28)34-30(37)33-23-11-14-36(15-12-23)16-13-31-29(38)18-24-17-22-7-3-5-9-27(22)35(24)2/h3-10,17,19,23H,11-16,18,20H2,1-2H3,(H,31,38)(H,33,34). The van der Waals surface area contributed by atoms with Crippen LogP contribution in [0.15, 0.2) is 65.2 Å². The summed E-state index contributed by atoms with van der Waals surface area (Å²) in [6, 6.07) is 18.9. The largest absolute Gasteiger partial charge is 0.444 e. The zero-order valence-electron chi connectivity index (χ0n) is 22.6. The van der Waals surface area contributed by atoms with E-state index in [1.165, 1.54) is 5.39 Å². The molecule has 1 aliphatic heterocycles. The molecule has 202 valence electrons. The van der Waals surface area contributed by atoms with Crippen LogP contribution in [-0.4, -0.2) is 62.1 Å². The summed E-state index contributed by atoms with van der Waals surface area (Å²) in [4.78, 5) is 24.2. The molecule has 0 bridgehead atoms. The Morgan fingerprint density at radius 3 is 2.62 bits per heavy atom. The minimum Gasteiger partial charge on any atom is -0.444 e. The molecular weight excluding hydrogens is 490 g/mol. The average molecular weight is 526 g/mol. The van der Waals surface area contributed by atoms with Crippen molar-refractivity contribution in [2.24, 2.45) is 7.05 Å². The molecule has 0 saturated carbocycles. The number of likely N-dealkylation sites (tertiary alicyclic amines) is 1. The first kappa shape index (κ1) is 25.2. The average Bonchev–Trinajstić information content (AvgIpc) is 3.61. The fourth-order valence-electron chi connectivity index (χ4n) is 5.56. The smallest absolute Gasteiger partial charge is 0.225 e. The van der Waals surface area contributed by atoms with E-state index in [1.54, 1.807) is 6.20 Å². The predicted molar refractivity (Wildman–Crippen MR) is 153 cm³/mol. The number of anilines is 1. The number of oxazole rings is 1. The van der Waals surface area contributed by atoms with Gasteiger partial charge in [-0.25, -0.2) is 9.97 Å². The van der Waals surface area contributed by atoms with E-state index in [0.29, 0.717) is 31.4 Å². The first-order valence-electron chi connectivity index (χ1n) is 13.7. The highest BCUT2D eigenvalue weighted by Crippen LogP contribution is 2.24. The number of nitrogens with zero attached hydrogens (tertiary/aromatic N) is 5. The molecule has 6 rings (SSSR count). The van der Waals surface area contributed by atoms with Crippen LogP contribution in [0.2, 0.25) is 0 Å². The minimum atomic E-state index is 0.0679. The molecule has 1 aliphatic rings. The molecule has 0 atom stereocenters. The first-order valence-corrected chi connectivity index (χ1v) is 13.7. The number of fused-ring (bicyclic) bond motifs is 2. The Kier molecular flexibility index (Phi) is 7.06. The summed E-state index contributed by atoms with van der Waals surface area (Å²) in [5.74, 6) is 2.42. The molecule has 2 aromatic carbocycles. The van der Waals surface area contributed by atoms with Gasteiger partial charge in [0.05, 0.1) is 30.2 Å². The molecule has 1 amide bonds. The Morgan fingerprint density at radius 2 is 1.85 bits per heavy atom. The number of carbonyl (C=O) groups is 1. The van der Waals surface area contributed by atoms with Crippen molar-refractivity contribution in [2.45, 2.75) is 38.8 Å². The minimum absolute atomic E-state index is 0.0679. The van der Waals surface area contributed by atoms with Gasteiger partial charge < -0.3 is 29.1 Å². The van der Waals surface area contributed by atoms with Crippen LogP contribution in [0.4, 0.5) is 5.95 Å². The van der Waals surface area contributed by atoms with Crippen LogP contribution in [0.25, 0.3) is 21.9 Å². The van der Waals surface area contributed by atoms with Gasteiger partial charge in [-0.2, -0.15) is 0 Å². The van der Waals surface area contributed by atoms with Gasteiger partial charge >= 0.3 is 0 Å². The zero-order chi connectivity index (χ0) is 26.8. The maximum absolute atomic E-state index is 12.6. The van der Waals surface area contributed by atoms with Gasteiger partial charge in [0, 0.05) is 57.4 Å². The number of hydrogen-bond donors (Lipinski definition) is 2. The highest BCUT2D eigenvalue weighted by molar-refractivity contribution is 5.84. The lowest BCUT2D eigenvalue weighted by Crippen LogP contribution is -2.43. The molecule has 1 saturated heterocycles. The number of para-hydroxylation sites is 3. The summed E-state index contributed by atoms with van der Waals surface area (Å²) in [6.45, 7) is 5.93. The summed E-state index contributed by atoms with van der Waals surface area (Å²) in [5.41, 5.74) is 4.23. The predicted octanol–water partition coefficient (Wildman–Crippen LogP) is 4.11. The van der Waals surface area contributed by atoms with E-state index in [4.69, 9.17) is 9.40 Å². The van der Waals surface area contributed by atoms with Gasteiger partial charge in [-0.1, -0.05) is 30.3 Å². The number of piperidine rings is 1. The monoisotopic (exact) mass is 525 g/mol. The summed E-state index contributed by atoms with van der Waals surface area (Å²) in [5, 5.41) is 7.98. The topological polar surface area (TPSA) is 93.2 Å². The number of imidazole rings is 1. The number of nitrogens with one attached hydrogen (secondary N) is 2. The molecular formula is C30H35N7O2. The molecule has 0 spiro atoms. The fraction of sp³-hybridized carbons (Fsp3) is 0.367. The van der Waals surface area contributed by atoms with Gasteiger partial charge in [0.25, 0.3) is 0 Å². The van der Waals surface area contributed by atoms with E-state index in [-0.39, 0.29) is 5.91 Å². The van der Waals surface area contributed by atoms with Crippen LogP contribution in [-0.2, 0) is 24.8 Å². The van der Waals surface area contributed by atoms with Crippen LogP contribution in [0.5, 0.6) is 0 Å². The van der Waals surface area contributed by atoms with Gasteiger partial charge in [-0.3, -0.25) is 4.79 Å². The highest BCUT2D eigenvalue weighted by Gasteiger charge is 2.22. The second-order valence-corrected chi connectivity index (χ2v) is 10.4. The number of hydrogen-bond acceptors (Lipinski definition) is 6. The summed E-state index contributed by atoms with van der Waals surface area (Å²) in [6.07, 6.45) is 4.22. The first-order chi connectivity index (χ1) is 19.0. The second kappa shape index (κ2) is 10.9. The molecule has 2 N–H and O–H groups in total. The third-order valence-electron chi connectivity index (χ3n) is 7.70. The van der Waals surface area contributed by atoms with Gasteiger partial charge in [-0.05, 0) is 42.5 Å². The molecule has 9 heteroatoms. The summed E-state index contributed by atoms with van der Waals surface area (Å²) < 4.78 is 10.0. The van der Waals surface area contributed by atoms with E-state index in [1.807, 2.05) is 44.3 Å². The van der Waals surface area contributed by atoms with Crippen molar-refractivity contribution < 1.29 is 9.21 Å². The lowest BCUT2D eigenvalue weighted by atomic mass is 10.1. The van der Waals surface area contributed by atoms with Crippen molar-refractivity contribution in [1.82, 2.24) is 29.3 Å². The van der Waals surface area contributed by atoms with E-state index in [9.17, 15) is 4.79 Å². The van der Waals surface area contributed by atoms with E-state index < -0.39 is 0 Å². The van der Waals surface area contributed by atoms with E-state index >= 15 is 0 Å². The number of carbonyl (C=O) groups excluding carboxylic acids is 1. The van der Waals surface area contributed by atoms with Crippen LogP contribution in [0.1, 0.15) is 30.2 Å². The third kappa shape index (κ3) is 5.54.